The number of nitrogens with zero attached hydrogens (tertiary/aromatic N) is 3. The van der Waals surface area contributed by atoms with E-state index < -0.39 is 5.82 Å². The Hall–Kier alpha value is -3.02. The van der Waals surface area contributed by atoms with Crippen LogP contribution < -0.4 is 5.32 Å². The van der Waals surface area contributed by atoms with Crippen molar-refractivity contribution in [3.63, 3.8) is 0 Å². The predicted molar refractivity (Wildman–Crippen MR) is 80.7 cm³/mol. The molecule has 6 heteroatoms. The fourth-order valence-corrected chi connectivity index (χ4v) is 2.06. The first-order chi connectivity index (χ1) is 10.7. The molecule has 0 amide bonds. The second-order valence-corrected chi connectivity index (χ2v) is 4.62. The Morgan fingerprint density at radius 3 is 2.77 bits per heavy atom. The first kappa shape index (κ1) is 13.9. The average Bonchev–Trinajstić information content (AvgIpc) is 2.55. The second-order valence-electron chi connectivity index (χ2n) is 4.62. The number of rotatable bonds is 4. The normalized spacial score (nSPS) is 10.4. The minimum absolute atomic E-state index is 0.0931. The number of nitrogens with one attached hydrogen (secondary N) is 1. The van der Waals surface area contributed by atoms with Crippen LogP contribution in [0.4, 0.5) is 10.2 Å². The molecule has 0 saturated heterocycles. The molecule has 0 atom stereocenters. The molecule has 0 unspecified atom stereocenters. The van der Waals surface area contributed by atoms with E-state index in [1.807, 2.05) is 12.1 Å². The topological polar surface area (TPSA) is 70.9 Å². The largest absolute Gasteiger partial charge is 0.507 e. The summed E-state index contributed by atoms with van der Waals surface area (Å²) in [6, 6.07) is 7.61. The van der Waals surface area contributed by atoms with E-state index >= 15 is 0 Å². The quantitative estimate of drug-likeness (QED) is 0.774. The number of hydrogen-bond donors (Lipinski definition) is 2. The molecule has 2 aromatic heterocycles. The molecular formula is C16H13FN4O. The Kier molecular flexibility index (Phi) is 3.91. The highest BCUT2D eigenvalue weighted by Gasteiger charge is 2.08. The number of anilines is 1. The van der Waals surface area contributed by atoms with Crippen molar-refractivity contribution in [1.29, 1.82) is 0 Å². The summed E-state index contributed by atoms with van der Waals surface area (Å²) < 4.78 is 13.0. The summed E-state index contributed by atoms with van der Waals surface area (Å²) in [4.78, 5) is 12.6. The lowest BCUT2D eigenvalue weighted by molar-refractivity contribution is 0.463. The lowest BCUT2D eigenvalue weighted by atomic mass is 10.1. The van der Waals surface area contributed by atoms with Gasteiger partial charge in [-0.2, -0.15) is 0 Å². The van der Waals surface area contributed by atoms with Crippen LogP contribution in [0.3, 0.4) is 0 Å². The molecular weight excluding hydrogens is 283 g/mol. The van der Waals surface area contributed by atoms with Gasteiger partial charge in [-0.3, -0.25) is 9.97 Å². The van der Waals surface area contributed by atoms with Gasteiger partial charge < -0.3 is 10.4 Å². The number of pyridine rings is 1. The molecule has 2 N–H and O–H groups in total. The van der Waals surface area contributed by atoms with Gasteiger partial charge in [0.25, 0.3) is 0 Å². The number of benzene rings is 1. The van der Waals surface area contributed by atoms with Crippen LogP contribution in [0.15, 0.2) is 55.1 Å². The molecule has 0 aliphatic heterocycles. The molecule has 0 aliphatic carbocycles. The van der Waals surface area contributed by atoms with Crippen molar-refractivity contribution in [3.8, 4) is 17.0 Å². The molecule has 0 spiro atoms. The standard InChI is InChI=1S/C16H13FN4O/c17-12-4-3-11(15(22)8-12)9-21-16-13(2-1-5-20-16)14-10-18-6-7-19-14/h1-8,10,22H,9H2,(H,20,21). The lowest BCUT2D eigenvalue weighted by Crippen LogP contribution is -2.03. The van der Waals surface area contributed by atoms with Gasteiger partial charge in [0.2, 0.25) is 0 Å². The van der Waals surface area contributed by atoms with Gasteiger partial charge in [0.05, 0.1) is 11.9 Å². The smallest absolute Gasteiger partial charge is 0.135 e. The Bertz CT molecular complexity index is 780. The minimum Gasteiger partial charge on any atom is -0.507 e. The number of phenols is 1. The van der Waals surface area contributed by atoms with E-state index in [0.717, 1.165) is 11.6 Å². The molecule has 22 heavy (non-hydrogen) atoms. The third kappa shape index (κ3) is 3.01. The van der Waals surface area contributed by atoms with Gasteiger partial charge in [0.1, 0.15) is 17.4 Å². The maximum Gasteiger partial charge on any atom is 0.135 e. The van der Waals surface area contributed by atoms with Crippen LogP contribution in [-0.2, 0) is 6.54 Å². The van der Waals surface area contributed by atoms with Gasteiger partial charge in [0.15, 0.2) is 0 Å². The van der Waals surface area contributed by atoms with Crippen LogP contribution in [0, 0.1) is 5.82 Å². The van der Waals surface area contributed by atoms with E-state index in [1.54, 1.807) is 24.8 Å². The van der Waals surface area contributed by atoms with Crippen molar-refractivity contribution in [2.75, 3.05) is 5.32 Å². The van der Waals surface area contributed by atoms with E-state index in [0.29, 0.717) is 23.6 Å². The highest BCUT2D eigenvalue weighted by Crippen LogP contribution is 2.25. The zero-order chi connectivity index (χ0) is 15.4. The first-order valence-corrected chi connectivity index (χ1v) is 6.67. The number of phenolic OH excluding ortho intramolecular Hbond substituents is 1. The summed E-state index contributed by atoms with van der Waals surface area (Å²) >= 11 is 0. The monoisotopic (exact) mass is 296 g/mol. The molecule has 3 aromatic rings. The Morgan fingerprint density at radius 2 is 2.00 bits per heavy atom. The van der Waals surface area contributed by atoms with E-state index in [4.69, 9.17) is 0 Å². The molecule has 2 heterocycles. The van der Waals surface area contributed by atoms with Crippen LogP contribution in [0.2, 0.25) is 0 Å². The summed E-state index contributed by atoms with van der Waals surface area (Å²) in [7, 11) is 0. The van der Waals surface area contributed by atoms with Crippen LogP contribution in [0.1, 0.15) is 5.56 Å². The number of hydrogen-bond acceptors (Lipinski definition) is 5. The van der Waals surface area contributed by atoms with E-state index in [-0.39, 0.29) is 5.75 Å². The average molecular weight is 296 g/mol. The Balaban J connectivity index is 1.84. The summed E-state index contributed by atoms with van der Waals surface area (Å²) in [5.41, 5.74) is 2.08. The van der Waals surface area contributed by atoms with E-state index in [9.17, 15) is 9.50 Å². The maximum absolute atomic E-state index is 13.0. The Labute approximate surface area is 126 Å². The summed E-state index contributed by atoms with van der Waals surface area (Å²) in [6.45, 7) is 0.316. The van der Waals surface area contributed by atoms with Crippen molar-refractivity contribution in [2.45, 2.75) is 6.54 Å². The number of halogens is 1. The summed E-state index contributed by atoms with van der Waals surface area (Å²) in [5, 5.41) is 12.9. The zero-order valence-electron chi connectivity index (χ0n) is 11.6. The molecule has 1 aromatic carbocycles. The van der Waals surface area contributed by atoms with Crippen molar-refractivity contribution in [1.82, 2.24) is 15.0 Å². The van der Waals surface area contributed by atoms with Crippen molar-refractivity contribution < 1.29 is 9.50 Å². The SMILES string of the molecule is Oc1cc(F)ccc1CNc1ncccc1-c1cnccn1. The van der Waals surface area contributed by atoms with Crippen LogP contribution in [0.5, 0.6) is 5.75 Å². The third-order valence-electron chi connectivity index (χ3n) is 3.14. The Morgan fingerprint density at radius 1 is 1.09 bits per heavy atom. The summed E-state index contributed by atoms with van der Waals surface area (Å²) in [5.74, 6) is 0.0514. The number of aromatic nitrogens is 3. The van der Waals surface area contributed by atoms with Gasteiger partial charge >= 0.3 is 0 Å². The zero-order valence-corrected chi connectivity index (χ0v) is 11.6. The molecule has 0 saturated carbocycles. The molecule has 0 radical (unpaired) electrons. The fraction of sp³-hybridized carbons (Fsp3) is 0.0625. The minimum atomic E-state index is -0.473. The van der Waals surface area contributed by atoms with Crippen LogP contribution in [-0.4, -0.2) is 20.1 Å². The molecule has 0 bridgehead atoms. The van der Waals surface area contributed by atoms with E-state index in [1.165, 1.54) is 12.1 Å². The fourth-order valence-electron chi connectivity index (χ4n) is 2.06. The van der Waals surface area contributed by atoms with Gasteiger partial charge in [-0.05, 0) is 18.2 Å². The maximum atomic E-state index is 13.0. The van der Waals surface area contributed by atoms with Gasteiger partial charge in [-0.15, -0.1) is 0 Å². The lowest BCUT2D eigenvalue weighted by Gasteiger charge is -2.11. The van der Waals surface area contributed by atoms with Crippen molar-refractivity contribution in [2.24, 2.45) is 0 Å². The predicted octanol–water partition coefficient (Wildman–Crippen LogP) is 3.00. The van der Waals surface area contributed by atoms with Crippen molar-refractivity contribution in [3.05, 3.63) is 66.5 Å². The highest BCUT2D eigenvalue weighted by molar-refractivity contribution is 5.71. The van der Waals surface area contributed by atoms with Gasteiger partial charge in [0, 0.05) is 42.3 Å². The van der Waals surface area contributed by atoms with E-state index in [2.05, 4.69) is 20.3 Å². The molecule has 3 rings (SSSR count). The first-order valence-electron chi connectivity index (χ1n) is 6.67. The van der Waals surface area contributed by atoms with Crippen molar-refractivity contribution >= 4 is 5.82 Å². The molecule has 110 valence electrons. The second kappa shape index (κ2) is 6.17. The van der Waals surface area contributed by atoms with Gasteiger partial charge in [-0.1, -0.05) is 6.07 Å². The molecule has 0 aliphatic rings. The highest BCUT2D eigenvalue weighted by atomic mass is 19.1. The van der Waals surface area contributed by atoms with Gasteiger partial charge in [-0.25, -0.2) is 9.37 Å². The number of aromatic hydroxyl groups is 1. The summed E-state index contributed by atoms with van der Waals surface area (Å²) in [6.07, 6.45) is 6.52. The van der Waals surface area contributed by atoms with Crippen LogP contribution >= 0.6 is 0 Å². The molecule has 0 fully saturated rings. The third-order valence-corrected chi connectivity index (χ3v) is 3.14. The van der Waals surface area contributed by atoms with Crippen LogP contribution in [0.25, 0.3) is 11.3 Å². The molecule has 5 nitrogen and oxygen atoms in total.